The van der Waals surface area contributed by atoms with Gasteiger partial charge in [-0.2, -0.15) is 0 Å². The van der Waals surface area contributed by atoms with Crippen LogP contribution in [0.25, 0.3) is 0 Å². The highest BCUT2D eigenvalue weighted by molar-refractivity contribution is 6.04. The Bertz CT molecular complexity index is 453. The van der Waals surface area contributed by atoms with E-state index >= 15 is 0 Å². The summed E-state index contributed by atoms with van der Waals surface area (Å²) < 4.78 is 9.78. The van der Waals surface area contributed by atoms with Gasteiger partial charge in [-0.3, -0.25) is 4.79 Å². The smallest absolute Gasteiger partial charge is 0.416 e. The molecule has 6 heteroatoms. The van der Waals surface area contributed by atoms with Crippen molar-refractivity contribution in [3.8, 4) is 0 Å². The second kappa shape index (κ2) is 4.45. The Morgan fingerprint density at radius 3 is 2.94 bits per heavy atom. The van der Waals surface area contributed by atoms with Crippen LogP contribution in [0.2, 0.25) is 0 Å². The third-order valence-corrected chi connectivity index (χ3v) is 3.30. The summed E-state index contributed by atoms with van der Waals surface area (Å²) >= 11 is 0. The Kier molecular flexibility index (Phi) is 3.13. The van der Waals surface area contributed by atoms with Gasteiger partial charge in [-0.25, -0.2) is 9.69 Å². The quantitative estimate of drug-likeness (QED) is 0.808. The molecule has 0 saturated carbocycles. The fraction of sp³-hybridized carbons (Fsp3) is 0.500. The normalized spacial score (nSPS) is 26.9. The van der Waals surface area contributed by atoms with Gasteiger partial charge in [0, 0.05) is 6.42 Å². The minimum atomic E-state index is -1.01. The highest BCUT2D eigenvalue weighted by Crippen LogP contribution is 2.32. The molecule has 1 aromatic heterocycles. The molecule has 1 fully saturated rings. The predicted molar refractivity (Wildman–Crippen MR) is 62.7 cm³/mol. The first-order chi connectivity index (χ1) is 8.48. The van der Waals surface area contributed by atoms with Gasteiger partial charge in [-0.05, 0) is 25.5 Å². The van der Waals surface area contributed by atoms with Crippen molar-refractivity contribution in [2.24, 2.45) is 5.73 Å². The molecule has 1 aliphatic rings. The molecule has 2 unspecified atom stereocenters. The van der Waals surface area contributed by atoms with Gasteiger partial charge in [0.2, 0.25) is 0 Å². The topological polar surface area (TPSA) is 85.8 Å². The van der Waals surface area contributed by atoms with E-state index in [0.29, 0.717) is 12.8 Å². The van der Waals surface area contributed by atoms with Crippen LogP contribution in [0.5, 0.6) is 0 Å². The molecule has 6 nitrogen and oxygen atoms in total. The van der Waals surface area contributed by atoms with E-state index in [1.165, 1.54) is 7.11 Å². The molecule has 0 aromatic carbocycles. The van der Waals surface area contributed by atoms with E-state index in [-0.39, 0.29) is 6.04 Å². The molecule has 2 amide bonds. The van der Waals surface area contributed by atoms with Gasteiger partial charge in [-0.15, -0.1) is 0 Å². The second-order valence-corrected chi connectivity index (χ2v) is 4.56. The maximum atomic E-state index is 11.7. The molecule has 2 N–H and O–H groups in total. The van der Waals surface area contributed by atoms with Crippen LogP contribution in [-0.2, 0) is 16.0 Å². The minimum Gasteiger partial charge on any atom is -0.469 e. The molecule has 0 bridgehead atoms. The number of β-lactam (4-membered cyclic amide) rings is 1. The van der Waals surface area contributed by atoms with Gasteiger partial charge < -0.3 is 14.9 Å². The van der Waals surface area contributed by atoms with Crippen molar-refractivity contribution in [1.82, 2.24) is 4.90 Å². The summed E-state index contributed by atoms with van der Waals surface area (Å²) in [5.41, 5.74) is 4.89. The van der Waals surface area contributed by atoms with Crippen molar-refractivity contribution in [3.05, 3.63) is 24.2 Å². The van der Waals surface area contributed by atoms with Gasteiger partial charge >= 0.3 is 6.09 Å². The van der Waals surface area contributed by atoms with Crippen LogP contribution in [0, 0.1) is 0 Å². The molecule has 1 saturated heterocycles. The number of carbonyl (C=O) groups excluding carboxylic acids is 2. The minimum absolute atomic E-state index is 0.359. The molecule has 0 spiro atoms. The fourth-order valence-electron chi connectivity index (χ4n) is 2.22. The van der Waals surface area contributed by atoms with Crippen LogP contribution < -0.4 is 5.73 Å². The number of hydrogen-bond acceptors (Lipinski definition) is 5. The summed E-state index contributed by atoms with van der Waals surface area (Å²) in [5.74, 6) is 0.397. The molecule has 1 aliphatic heterocycles. The zero-order chi connectivity index (χ0) is 13.3. The number of ether oxygens (including phenoxy) is 1. The van der Waals surface area contributed by atoms with Gasteiger partial charge in [0.25, 0.3) is 5.91 Å². The number of aryl methyl sites for hydroxylation is 1. The lowest BCUT2D eigenvalue weighted by Gasteiger charge is -2.50. The molecule has 0 aliphatic carbocycles. The molecule has 1 aromatic rings. The fourth-order valence-corrected chi connectivity index (χ4v) is 2.22. The number of hydrogen-bond donors (Lipinski definition) is 1. The highest BCUT2D eigenvalue weighted by Gasteiger charge is 2.57. The van der Waals surface area contributed by atoms with Gasteiger partial charge in [0.05, 0.1) is 19.4 Å². The summed E-state index contributed by atoms with van der Waals surface area (Å²) in [6, 6.07) is 3.28. The Morgan fingerprint density at radius 2 is 2.39 bits per heavy atom. The van der Waals surface area contributed by atoms with Crippen molar-refractivity contribution < 1.29 is 18.7 Å². The zero-order valence-corrected chi connectivity index (χ0v) is 10.4. The van der Waals surface area contributed by atoms with Crippen molar-refractivity contribution in [1.29, 1.82) is 0 Å². The monoisotopic (exact) mass is 252 g/mol. The summed E-state index contributed by atoms with van der Waals surface area (Å²) in [6.07, 6.45) is 2.10. The lowest BCUT2D eigenvalue weighted by atomic mass is 9.79. The number of methoxy groups -OCH3 is 1. The highest BCUT2D eigenvalue weighted by atomic mass is 16.5. The van der Waals surface area contributed by atoms with Crippen LogP contribution >= 0.6 is 0 Å². The van der Waals surface area contributed by atoms with E-state index in [2.05, 4.69) is 4.74 Å². The number of amides is 2. The zero-order valence-electron chi connectivity index (χ0n) is 10.4. The van der Waals surface area contributed by atoms with Gasteiger partial charge in [0.1, 0.15) is 11.3 Å². The van der Waals surface area contributed by atoms with Crippen molar-refractivity contribution >= 4 is 12.0 Å². The molecule has 0 radical (unpaired) electrons. The summed E-state index contributed by atoms with van der Waals surface area (Å²) in [6.45, 7) is 1.63. The first-order valence-electron chi connectivity index (χ1n) is 5.71. The average molecular weight is 252 g/mol. The summed E-state index contributed by atoms with van der Waals surface area (Å²) in [5, 5.41) is 0. The molecular weight excluding hydrogens is 236 g/mol. The molecule has 2 atom stereocenters. The molecule has 18 heavy (non-hydrogen) atoms. The average Bonchev–Trinajstić information content (AvgIpc) is 2.85. The number of furan rings is 1. The van der Waals surface area contributed by atoms with Crippen LogP contribution in [0.15, 0.2) is 22.8 Å². The van der Waals surface area contributed by atoms with E-state index in [1.807, 2.05) is 6.07 Å². The van der Waals surface area contributed by atoms with E-state index in [1.54, 1.807) is 19.3 Å². The first kappa shape index (κ1) is 12.6. The SMILES string of the molecule is COC(=O)N1C(=O)C(C)(N)C1CCc1ccco1. The van der Waals surface area contributed by atoms with Crippen LogP contribution in [0.4, 0.5) is 4.79 Å². The number of nitrogens with two attached hydrogens (primary N) is 1. The van der Waals surface area contributed by atoms with Crippen molar-refractivity contribution in [3.63, 3.8) is 0 Å². The van der Waals surface area contributed by atoms with E-state index in [4.69, 9.17) is 10.2 Å². The van der Waals surface area contributed by atoms with Crippen LogP contribution in [0.1, 0.15) is 19.1 Å². The first-order valence-corrected chi connectivity index (χ1v) is 5.71. The third kappa shape index (κ3) is 1.88. The van der Waals surface area contributed by atoms with Crippen LogP contribution in [0.3, 0.4) is 0 Å². The largest absolute Gasteiger partial charge is 0.469 e. The van der Waals surface area contributed by atoms with Crippen molar-refractivity contribution in [2.75, 3.05) is 7.11 Å². The molecule has 98 valence electrons. The van der Waals surface area contributed by atoms with Gasteiger partial charge in [0.15, 0.2) is 0 Å². The predicted octanol–water partition coefficient (Wildman–Crippen LogP) is 0.907. The Hall–Kier alpha value is -1.82. The second-order valence-electron chi connectivity index (χ2n) is 4.56. The number of imide groups is 1. The number of nitrogens with zero attached hydrogens (tertiary/aromatic N) is 1. The molecule has 2 heterocycles. The Balaban J connectivity index is 2.04. The van der Waals surface area contributed by atoms with Crippen LogP contribution in [-0.4, -0.2) is 35.6 Å². The lowest BCUT2D eigenvalue weighted by molar-refractivity contribution is -0.154. The maximum Gasteiger partial charge on any atom is 0.416 e. The maximum absolute atomic E-state index is 11.7. The van der Waals surface area contributed by atoms with Gasteiger partial charge in [-0.1, -0.05) is 0 Å². The number of likely N-dealkylation sites (tertiary alicyclic amines) is 1. The number of rotatable bonds is 3. The number of carbonyl (C=O) groups is 2. The van der Waals surface area contributed by atoms with Crippen molar-refractivity contribution in [2.45, 2.75) is 31.3 Å². The molecular formula is C12H16N2O4. The molecule has 2 rings (SSSR count). The Morgan fingerprint density at radius 1 is 1.67 bits per heavy atom. The third-order valence-electron chi connectivity index (χ3n) is 3.30. The van der Waals surface area contributed by atoms with E-state index < -0.39 is 17.5 Å². The summed E-state index contributed by atoms with van der Waals surface area (Å²) in [7, 11) is 1.24. The van der Waals surface area contributed by atoms with E-state index in [0.717, 1.165) is 10.7 Å². The Labute approximate surface area is 105 Å². The summed E-state index contributed by atoms with van der Waals surface area (Å²) in [4.78, 5) is 24.3. The van der Waals surface area contributed by atoms with E-state index in [9.17, 15) is 9.59 Å². The lowest BCUT2D eigenvalue weighted by Crippen LogP contribution is -2.78. The standard InChI is InChI=1S/C12H16N2O4/c1-12(13)9(6-5-8-4-3-7-18-8)14(10(12)15)11(16)17-2/h3-4,7,9H,5-6,13H2,1-2H3.